The Labute approximate surface area is 150 Å². The number of hydrogen-bond acceptors (Lipinski definition) is 4. The fraction of sp³-hybridized carbons (Fsp3) is 0.588. The van der Waals surface area contributed by atoms with E-state index in [4.69, 9.17) is 26.8 Å². The van der Waals surface area contributed by atoms with Gasteiger partial charge in [-0.2, -0.15) is 0 Å². The summed E-state index contributed by atoms with van der Waals surface area (Å²) in [7, 11) is 0. The first-order valence-corrected chi connectivity index (χ1v) is 8.15. The minimum Gasteiger partial charge on any atom is -0.486 e. The molecular weight excluding hydrogens is 337 g/mol. The quantitative estimate of drug-likeness (QED) is 0.702. The summed E-state index contributed by atoms with van der Waals surface area (Å²) >= 11 is 6.00. The number of esters is 1. The molecular formula is C17H27Cl2NO3. The van der Waals surface area contributed by atoms with Gasteiger partial charge in [-0.3, -0.25) is 4.79 Å². The fourth-order valence-corrected chi connectivity index (χ4v) is 2.56. The van der Waals surface area contributed by atoms with Crippen LogP contribution in [0.5, 0.6) is 5.75 Å². The minimum absolute atomic E-state index is 0. The van der Waals surface area contributed by atoms with Gasteiger partial charge in [0.15, 0.2) is 0 Å². The monoisotopic (exact) mass is 363 g/mol. The Morgan fingerprint density at radius 1 is 1.26 bits per heavy atom. The molecule has 0 aromatic heterocycles. The third kappa shape index (κ3) is 6.98. The molecule has 0 amide bonds. The van der Waals surface area contributed by atoms with Crippen LogP contribution in [-0.4, -0.2) is 24.2 Å². The van der Waals surface area contributed by atoms with Gasteiger partial charge in [0.25, 0.3) is 0 Å². The van der Waals surface area contributed by atoms with E-state index in [-0.39, 0.29) is 30.5 Å². The molecule has 0 aliphatic carbocycles. The third-order valence-corrected chi connectivity index (χ3v) is 3.95. The molecule has 23 heavy (non-hydrogen) atoms. The van der Waals surface area contributed by atoms with Crippen molar-refractivity contribution in [2.45, 2.75) is 58.8 Å². The first-order chi connectivity index (χ1) is 10.4. The fourth-order valence-electron chi connectivity index (χ4n) is 2.38. The van der Waals surface area contributed by atoms with Crippen LogP contribution in [0, 0.1) is 5.92 Å². The van der Waals surface area contributed by atoms with Crippen molar-refractivity contribution < 1.29 is 14.3 Å². The van der Waals surface area contributed by atoms with E-state index >= 15 is 0 Å². The third-order valence-electron chi connectivity index (χ3n) is 3.72. The molecule has 6 heteroatoms. The summed E-state index contributed by atoms with van der Waals surface area (Å²) in [5.74, 6) is 0.529. The van der Waals surface area contributed by atoms with Crippen LogP contribution in [0.15, 0.2) is 24.3 Å². The van der Waals surface area contributed by atoms with E-state index in [0.717, 1.165) is 12.8 Å². The van der Waals surface area contributed by atoms with Crippen LogP contribution in [0.4, 0.5) is 0 Å². The molecule has 0 bridgehead atoms. The molecule has 0 aliphatic heterocycles. The highest BCUT2D eigenvalue weighted by molar-refractivity contribution is 6.30. The lowest BCUT2D eigenvalue weighted by Gasteiger charge is -2.31. The Morgan fingerprint density at radius 3 is 2.35 bits per heavy atom. The van der Waals surface area contributed by atoms with Crippen LogP contribution in [0.25, 0.3) is 0 Å². The van der Waals surface area contributed by atoms with Gasteiger partial charge < -0.3 is 15.2 Å². The predicted molar refractivity (Wildman–Crippen MR) is 96.4 cm³/mol. The lowest BCUT2D eigenvalue weighted by molar-refractivity contribution is -0.155. The summed E-state index contributed by atoms with van der Waals surface area (Å²) in [6.07, 6.45) is 1.24. The first-order valence-electron chi connectivity index (χ1n) is 7.77. The molecule has 1 aromatic rings. The van der Waals surface area contributed by atoms with Gasteiger partial charge in [-0.05, 0) is 50.8 Å². The maximum Gasteiger partial charge on any atom is 0.323 e. The van der Waals surface area contributed by atoms with Crippen LogP contribution < -0.4 is 10.5 Å². The SMILES string of the molecule is CCC(CC)[C@@H](Oc1cccc(Cl)c1)[C@H](C)OC(=O)[C@H](C)N.Cl. The zero-order chi connectivity index (χ0) is 16.7. The van der Waals surface area contributed by atoms with Crippen molar-refractivity contribution in [3.63, 3.8) is 0 Å². The highest BCUT2D eigenvalue weighted by atomic mass is 35.5. The molecule has 0 radical (unpaired) electrons. The smallest absolute Gasteiger partial charge is 0.323 e. The van der Waals surface area contributed by atoms with Gasteiger partial charge in [-0.1, -0.05) is 31.5 Å². The van der Waals surface area contributed by atoms with E-state index in [9.17, 15) is 4.79 Å². The van der Waals surface area contributed by atoms with E-state index in [0.29, 0.717) is 10.8 Å². The number of hydrogen-bond donors (Lipinski definition) is 1. The van der Waals surface area contributed by atoms with Crippen molar-refractivity contribution in [1.29, 1.82) is 0 Å². The number of benzene rings is 1. The summed E-state index contributed by atoms with van der Waals surface area (Å²) in [5, 5.41) is 0.612. The zero-order valence-electron chi connectivity index (χ0n) is 14.1. The Hall–Kier alpha value is -0.970. The molecule has 0 spiro atoms. The minimum atomic E-state index is -0.643. The molecule has 4 nitrogen and oxygen atoms in total. The number of ether oxygens (including phenoxy) is 2. The molecule has 2 N–H and O–H groups in total. The second kappa shape index (κ2) is 10.7. The van der Waals surface area contributed by atoms with Gasteiger partial charge in [0, 0.05) is 5.02 Å². The van der Waals surface area contributed by atoms with Crippen LogP contribution in [0.1, 0.15) is 40.5 Å². The van der Waals surface area contributed by atoms with Crippen LogP contribution in [0.3, 0.4) is 0 Å². The lowest BCUT2D eigenvalue weighted by atomic mass is 9.93. The summed E-state index contributed by atoms with van der Waals surface area (Å²) in [4.78, 5) is 11.7. The van der Waals surface area contributed by atoms with E-state index in [1.165, 1.54) is 0 Å². The van der Waals surface area contributed by atoms with Crippen molar-refractivity contribution in [3.8, 4) is 5.75 Å². The number of rotatable bonds is 8. The summed E-state index contributed by atoms with van der Waals surface area (Å²) in [6, 6.07) is 6.59. The van der Waals surface area contributed by atoms with Crippen molar-refractivity contribution in [2.75, 3.05) is 0 Å². The summed E-state index contributed by atoms with van der Waals surface area (Å²) in [6.45, 7) is 7.65. The Balaban J connectivity index is 0.00000484. The topological polar surface area (TPSA) is 61.5 Å². The zero-order valence-corrected chi connectivity index (χ0v) is 15.7. The highest BCUT2D eigenvalue weighted by Crippen LogP contribution is 2.26. The van der Waals surface area contributed by atoms with Gasteiger partial charge in [0.05, 0.1) is 0 Å². The standard InChI is InChI=1S/C17H26ClNO3.ClH/c1-5-13(6-2)16(12(4)21-17(20)11(3)19)22-15-9-7-8-14(18)10-15;/h7-13,16H,5-6,19H2,1-4H3;1H/t11-,12-,16-;/m0./s1. The average molecular weight is 364 g/mol. The van der Waals surface area contributed by atoms with E-state index in [1.807, 2.05) is 19.1 Å². The second-order valence-electron chi connectivity index (χ2n) is 5.55. The van der Waals surface area contributed by atoms with Crippen LogP contribution >= 0.6 is 24.0 Å². The van der Waals surface area contributed by atoms with E-state index in [1.54, 1.807) is 19.1 Å². The lowest BCUT2D eigenvalue weighted by Crippen LogP contribution is -2.42. The largest absolute Gasteiger partial charge is 0.486 e. The van der Waals surface area contributed by atoms with Crippen molar-refractivity contribution in [3.05, 3.63) is 29.3 Å². The predicted octanol–water partition coefficient (Wildman–Crippen LogP) is 4.22. The van der Waals surface area contributed by atoms with Gasteiger partial charge in [0.2, 0.25) is 0 Å². The Morgan fingerprint density at radius 2 is 1.87 bits per heavy atom. The first kappa shape index (κ1) is 22.0. The van der Waals surface area contributed by atoms with Gasteiger partial charge >= 0.3 is 5.97 Å². The van der Waals surface area contributed by atoms with E-state index in [2.05, 4.69) is 13.8 Å². The van der Waals surface area contributed by atoms with Gasteiger partial charge in [-0.15, -0.1) is 12.4 Å². The highest BCUT2D eigenvalue weighted by Gasteiger charge is 2.30. The molecule has 132 valence electrons. The Kier molecular flexibility index (Phi) is 10.3. The normalized spacial score (nSPS) is 14.6. The summed E-state index contributed by atoms with van der Waals surface area (Å²) < 4.78 is 11.5. The van der Waals surface area contributed by atoms with Gasteiger partial charge in [0.1, 0.15) is 24.0 Å². The molecule has 0 saturated heterocycles. The van der Waals surface area contributed by atoms with Crippen LogP contribution in [0.2, 0.25) is 5.02 Å². The van der Waals surface area contributed by atoms with Crippen molar-refractivity contribution in [1.82, 2.24) is 0 Å². The number of carbonyl (C=O) groups is 1. The maximum atomic E-state index is 11.7. The van der Waals surface area contributed by atoms with E-state index < -0.39 is 12.0 Å². The number of nitrogens with two attached hydrogens (primary N) is 1. The van der Waals surface area contributed by atoms with Crippen molar-refractivity contribution >= 4 is 30.0 Å². The van der Waals surface area contributed by atoms with Gasteiger partial charge in [-0.25, -0.2) is 0 Å². The Bertz CT molecular complexity index is 479. The number of halogens is 2. The molecule has 1 aromatic carbocycles. The second-order valence-corrected chi connectivity index (χ2v) is 5.98. The van der Waals surface area contributed by atoms with Crippen molar-refractivity contribution in [2.24, 2.45) is 11.7 Å². The summed E-state index contributed by atoms with van der Waals surface area (Å²) in [5.41, 5.74) is 5.57. The molecule has 0 aliphatic rings. The van der Waals surface area contributed by atoms with Crippen LogP contribution in [-0.2, 0) is 9.53 Å². The molecule has 3 atom stereocenters. The molecule has 0 unspecified atom stereocenters. The molecule has 1 rings (SSSR count). The molecule has 0 fully saturated rings. The number of carbonyl (C=O) groups excluding carboxylic acids is 1. The maximum absolute atomic E-state index is 11.7. The molecule has 0 saturated carbocycles. The average Bonchev–Trinajstić information content (AvgIpc) is 2.47. The molecule has 0 heterocycles.